The van der Waals surface area contributed by atoms with Gasteiger partial charge in [0.2, 0.25) is 0 Å². The van der Waals surface area contributed by atoms with Gasteiger partial charge in [0.25, 0.3) is 5.91 Å². The minimum Gasteiger partial charge on any atom is -0.452 e. The molecule has 3 rings (SSSR count). The Hall–Kier alpha value is -2.08. The van der Waals surface area contributed by atoms with Gasteiger partial charge in [-0.2, -0.15) is 0 Å². The van der Waals surface area contributed by atoms with Crippen LogP contribution in [0.5, 0.6) is 0 Å². The quantitative estimate of drug-likeness (QED) is 0.817. The molecule has 2 aromatic heterocycles. The highest BCUT2D eigenvalue weighted by Gasteiger charge is 2.29. The second-order valence-electron chi connectivity index (χ2n) is 6.36. The molecule has 0 aromatic carbocycles. The fraction of sp³-hybridized carbons (Fsp3) is 0.444. The van der Waals surface area contributed by atoms with Crippen LogP contribution in [0, 0.1) is 19.8 Å². The number of thiophene rings is 1. The van der Waals surface area contributed by atoms with Gasteiger partial charge >= 0.3 is 5.97 Å². The summed E-state index contributed by atoms with van der Waals surface area (Å²) in [7, 11) is 0. The van der Waals surface area contributed by atoms with Gasteiger partial charge < -0.3 is 14.6 Å². The van der Waals surface area contributed by atoms with Gasteiger partial charge in [-0.05, 0) is 63.1 Å². The molecule has 1 amide bonds. The predicted octanol–water partition coefficient (Wildman–Crippen LogP) is 3.23. The number of aryl methyl sites for hydroxylation is 2. The third-order valence-electron chi connectivity index (χ3n) is 4.39. The summed E-state index contributed by atoms with van der Waals surface area (Å²) in [5.74, 6) is -0.131. The summed E-state index contributed by atoms with van der Waals surface area (Å²) in [6.07, 6.45) is 2.32. The first-order valence-electron chi connectivity index (χ1n) is 8.16. The zero-order valence-corrected chi connectivity index (χ0v) is 15.0. The van der Waals surface area contributed by atoms with Crippen molar-refractivity contribution in [3.63, 3.8) is 0 Å². The standard InChI is InChI=1S/C18H22N2O3S/c1-11-4-5-12(2)20(11)17-15(8-9-24-17)18(22)23-10-16(21)19-13(3)14-6-7-14/h4-5,8-9,13-14H,6-7,10H2,1-3H3,(H,19,21). The highest BCUT2D eigenvalue weighted by molar-refractivity contribution is 7.13. The van der Waals surface area contributed by atoms with Gasteiger partial charge in [0.15, 0.2) is 6.61 Å². The molecule has 1 fully saturated rings. The van der Waals surface area contributed by atoms with Crippen molar-refractivity contribution in [2.75, 3.05) is 6.61 Å². The molecule has 5 nitrogen and oxygen atoms in total. The number of nitrogens with one attached hydrogen (secondary N) is 1. The zero-order valence-electron chi connectivity index (χ0n) is 14.2. The smallest absolute Gasteiger partial charge is 0.341 e. The number of aromatic nitrogens is 1. The summed E-state index contributed by atoms with van der Waals surface area (Å²) in [4.78, 5) is 24.3. The first-order chi connectivity index (χ1) is 11.5. The van der Waals surface area contributed by atoms with Crippen LogP contribution in [-0.2, 0) is 9.53 Å². The first-order valence-corrected chi connectivity index (χ1v) is 9.04. The van der Waals surface area contributed by atoms with Crippen LogP contribution in [0.15, 0.2) is 23.6 Å². The van der Waals surface area contributed by atoms with E-state index in [-0.39, 0.29) is 18.6 Å². The fourth-order valence-electron chi connectivity index (χ4n) is 2.84. The molecular weight excluding hydrogens is 324 g/mol. The van der Waals surface area contributed by atoms with Crippen LogP contribution in [0.1, 0.15) is 41.5 Å². The molecule has 1 saturated carbocycles. The number of hydrogen-bond donors (Lipinski definition) is 1. The van der Waals surface area contributed by atoms with Gasteiger partial charge in [0, 0.05) is 17.4 Å². The third kappa shape index (κ3) is 3.53. The Kier molecular flexibility index (Phi) is 4.76. The average molecular weight is 346 g/mol. The molecule has 24 heavy (non-hydrogen) atoms. The Morgan fingerprint density at radius 2 is 1.96 bits per heavy atom. The van der Waals surface area contributed by atoms with Crippen LogP contribution < -0.4 is 5.32 Å². The van der Waals surface area contributed by atoms with E-state index < -0.39 is 5.97 Å². The number of amides is 1. The lowest BCUT2D eigenvalue weighted by Crippen LogP contribution is -2.37. The molecule has 0 spiro atoms. The SMILES string of the molecule is Cc1ccc(C)n1-c1sccc1C(=O)OCC(=O)NC(C)C1CC1. The van der Waals surface area contributed by atoms with Crippen LogP contribution in [0.4, 0.5) is 0 Å². The summed E-state index contributed by atoms with van der Waals surface area (Å²) in [5.41, 5.74) is 2.60. The van der Waals surface area contributed by atoms with E-state index in [1.54, 1.807) is 6.07 Å². The van der Waals surface area contributed by atoms with E-state index in [0.29, 0.717) is 11.5 Å². The van der Waals surface area contributed by atoms with Gasteiger partial charge in [-0.1, -0.05) is 0 Å². The lowest BCUT2D eigenvalue weighted by atomic mass is 10.2. The molecule has 0 radical (unpaired) electrons. The lowest BCUT2D eigenvalue weighted by Gasteiger charge is -2.13. The highest BCUT2D eigenvalue weighted by Crippen LogP contribution is 2.32. The van der Waals surface area contributed by atoms with Crippen molar-refractivity contribution >= 4 is 23.2 Å². The van der Waals surface area contributed by atoms with Gasteiger partial charge in [0.1, 0.15) is 5.00 Å². The molecule has 1 unspecified atom stereocenters. The minimum atomic E-state index is -0.465. The van der Waals surface area contributed by atoms with Crippen molar-refractivity contribution in [3.05, 3.63) is 40.5 Å². The molecule has 0 bridgehead atoms. The fourth-order valence-corrected chi connectivity index (χ4v) is 3.84. The maximum absolute atomic E-state index is 12.4. The maximum Gasteiger partial charge on any atom is 0.341 e. The highest BCUT2D eigenvalue weighted by atomic mass is 32.1. The van der Waals surface area contributed by atoms with Crippen molar-refractivity contribution in [1.82, 2.24) is 9.88 Å². The zero-order chi connectivity index (χ0) is 17.3. The molecule has 0 saturated heterocycles. The van der Waals surface area contributed by atoms with Crippen LogP contribution in [-0.4, -0.2) is 29.1 Å². The Morgan fingerprint density at radius 3 is 2.58 bits per heavy atom. The first kappa shape index (κ1) is 16.8. The summed E-state index contributed by atoms with van der Waals surface area (Å²) in [5, 5.41) is 5.57. The Labute approximate surface area is 145 Å². The topological polar surface area (TPSA) is 60.3 Å². The molecule has 128 valence electrons. The number of hydrogen-bond acceptors (Lipinski definition) is 4. The van der Waals surface area contributed by atoms with E-state index in [1.807, 2.05) is 42.9 Å². The number of esters is 1. The van der Waals surface area contributed by atoms with Crippen molar-refractivity contribution in [2.24, 2.45) is 5.92 Å². The number of rotatable bonds is 6. The molecular formula is C18H22N2O3S. The predicted molar refractivity (Wildman–Crippen MR) is 93.7 cm³/mol. The van der Waals surface area contributed by atoms with Gasteiger partial charge in [0.05, 0.1) is 5.56 Å². The molecule has 1 N–H and O–H groups in total. The Bertz CT molecular complexity index is 739. The number of nitrogens with zero attached hydrogens (tertiary/aromatic N) is 1. The molecule has 1 aliphatic rings. The molecule has 1 atom stereocenters. The monoisotopic (exact) mass is 346 g/mol. The van der Waals surface area contributed by atoms with Gasteiger partial charge in [-0.25, -0.2) is 4.79 Å². The van der Waals surface area contributed by atoms with E-state index in [0.717, 1.165) is 29.2 Å². The molecule has 2 heterocycles. The summed E-state index contributed by atoms with van der Waals surface area (Å²) < 4.78 is 7.23. The summed E-state index contributed by atoms with van der Waals surface area (Å²) in [6, 6.07) is 5.91. The number of carbonyl (C=O) groups is 2. The average Bonchev–Trinajstić information content (AvgIpc) is 3.21. The van der Waals surface area contributed by atoms with Crippen molar-refractivity contribution in [1.29, 1.82) is 0 Å². The van der Waals surface area contributed by atoms with Crippen molar-refractivity contribution in [3.8, 4) is 5.00 Å². The number of ether oxygens (including phenoxy) is 1. The lowest BCUT2D eigenvalue weighted by molar-refractivity contribution is -0.124. The molecule has 1 aliphatic carbocycles. The van der Waals surface area contributed by atoms with Crippen molar-refractivity contribution in [2.45, 2.75) is 39.7 Å². The van der Waals surface area contributed by atoms with E-state index >= 15 is 0 Å². The van der Waals surface area contributed by atoms with Crippen LogP contribution >= 0.6 is 11.3 Å². The van der Waals surface area contributed by atoms with Gasteiger partial charge in [-0.15, -0.1) is 11.3 Å². The molecule has 2 aromatic rings. The second kappa shape index (κ2) is 6.81. The largest absolute Gasteiger partial charge is 0.452 e. The second-order valence-corrected chi connectivity index (χ2v) is 7.26. The van der Waals surface area contributed by atoms with Crippen LogP contribution in [0.3, 0.4) is 0 Å². The van der Waals surface area contributed by atoms with E-state index in [1.165, 1.54) is 11.3 Å². The molecule has 6 heteroatoms. The van der Waals surface area contributed by atoms with Gasteiger partial charge in [-0.3, -0.25) is 4.79 Å². The molecule has 0 aliphatic heterocycles. The normalized spacial score (nSPS) is 15.1. The van der Waals surface area contributed by atoms with E-state index in [4.69, 9.17) is 4.74 Å². The maximum atomic E-state index is 12.4. The minimum absolute atomic E-state index is 0.151. The Morgan fingerprint density at radius 1 is 1.29 bits per heavy atom. The summed E-state index contributed by atoms with van der Waals surface area (Å²) >= 11 is 1.48. The van der Waals surface area contributed by atoms with Crippen molar-refractivity contribution < 1.29 is 14.3 Å². The van der Waals surface area contributed by atoms with Crippen LogP contribution in [0.2, 0.25) is 0 Å². The van der Waals surface area contributed by atoms with E-state index in [2.05, 4.69) is 5.32 Å². The van der Waals surface area contributed by atoms with E-state index in [9.17, 15) is 9.59 Å². The summed E-state index contributed by atoms with van der Waals surface area (Å²) in [6.45, 7) is 5.74. The number of carbonyl (C=O) groups excluding carboxylic acids is 2. The third-order valence-corrected chi connectivity index (χ3v) is 5.29. The van der Waals surface area contributed by atoms with Crippen LogP contribution in [0.25, 0.3) is 5.00 Å². The Balaban J connectivity index is 1.64.